The largest absolute Gasteiger partial charge is 0.352 e. The van der Waals surface area contributed by atoms with Crippen molar-refractivity contribution in [1.29, 1.82) is 0 Å². The Morgan fingerprint density at radius 2 is 1.95 bits per heavy atom. The highest BCUT2D eigenvalue weighted by Crippen LogP contribution is 2.07. The zero-order chi connectivity index (χ0) is 15.9. The third kappa shape index (κ3) is 4.56. The van der Waals surface area contributed by atoms with E-state index >= 15 is 0 Å². The van der Waals surface area contributed by atoms with Gasteiger partial charge in [-0.05, 0) is 53.4 Å². The zero-order valence-electron chi connectivity index (χ0n) is 12.5. The van der Waals surface area contributed by atoms with E-state index in [-0.39, 0.29) is 11.5 Å². The van der Waals surface area contributed by atoms with Gasteiger partial charge in [0.1, 0.15) is 0 Å². The van der Waals surface area contributed by atoms with Crippen LogP contribution in [0.4, 0.5) is 0 Å². The summed E-state index contributed by atoms with van der Waals surface area (Å²) in [5.74, 6) is -0.0438. The molecule has 22 heavy (non-hydrogen) atoms. The molecule has 1 aromatic carbocycles. The lowest BCUT2D eigenvalue weighted by Gasteiger charge is -2.08. The summed E-state index contributed by atoms with van der Waals surface area (Å²) >= 11 is 3.35. The molecule has 4 nitrogen and oxygen atoms in total. The highest BCUT2D eigenvalue weighted by molar-refractivity contribution is 9.10. The predicted molar refractivity (Wildman–Crippen MR) is 91.1 cm³/mol. The number of nitrogens with zero attached hydrogens (tertiary/aromatic N) is 1. The van der Waals surface area contributed by atoms with E-state index in [1.807, 2.05) is 31.2 Å². The smallest absolute Gasteiger partial charge is 0.251 e. The van der Waals surface area contributed by atoms with Gasteiger partial charge in [-0.3, -0.25) is 9.59 Å². The molecule has 0 aliphatic heterocycles. The zero-order valence-corrected chi connectivity index (χ0v) is 14.1. The Labute approximate surface area is 138 Å². The molecule has 1 heterocycles. The lowest BCUT2D eigenvalue weighted by atomic mass is 10.1. The summed E-state index contributed by atoms with van der Waals surface area (Å²) in [4.78, 5) is 23.7. The highest BCUT2D eigenvalue weighted by atomic mass is 79.9. The second-order valence-corrected chi connectivity index (χ2v) is 6.07. The summed E-state index contributed by atoms with van der Waals surface area (Å²) < 4.78 is 2.56. The van der Waals surface area contributed by atoms with E-state index in [1.54, 1.807) is 22.9 Å². The number of aromatic nitrogens is 1. The Morgan fingerprint density at radius 1 is 1.18 bits per heavy atom. The van der Waals surface area contributed by atoms with Crippen molar-refractivity contribution in [3.63, 3.8) is 0 Å². The van der Waals surface area contributed by atoms with Crippen molar-refractivity contribution in [2.75, 3.05) is 6.54 Å². The molecule has 0 saturated carbocycles. The maximum atomic E-state index is 12.0. The summed E-state index contributed by atoms with van der Waals surface area (Å²) in [7, 11) is 0. The molecule has 0 aliphatic rings. The molecule has 0 fully saturated rings. The quantitative estimate of drug-likeness (QED) is 0.802. The number of hydrogen-bond acceptors (Lipinski definition) is 2. The van der Waals surface area contributed by atoms with Crippen molar-refractivity contribution in [2.45, 2.75) is 26.3 Å². The number of nitrogens with one attached hydrogen (secondary N) is 1. The fourth-order valence-corrected chi connectivity index (χ4v) is 2.59. The van der Waals surface area contributed by atoms with Crippen molar-refractivity contribution in [2.24, 2.45) is 0 Å². The van der Waals surface area contributed by atoms with Gasteiger partial charge in [-0.25, -0.2) is 0 Å². The Balaban J connectivity index is 1.76. The van der Waals surface area contributed by atoms with Crippen LogP contribution >= 0.6 is 15.9 Å². The second-order valence-electron chi connectivity index (χ2n) is 5.16. The molecular formula is C17H19BrN2O2. The molecule has 0 aliphatic carbocycles. The molecule has 116 valence electrons. The Hall–Kier alpha value is -1.88. The number of carbonyl (C=O) groups excluding carboxylic acids is 1. The van der Waals surface area contributed by atoms with Gasteiger partial charge in [0.2, 0.25) is 0 Å². The van der Waals surface area contributed by atoms with Crippen LogP contribution in [0.5, 0.6) is 0 Å². The lowest BCUT2D eigenvalue weighted by Crippen LogP contribution is -2.25. The van der Waals surface area contributed by atoms with E-state index in [0.29, 0.717) is 18.7 Å². The lowest BCUT2D eigenvalue weighted by molar-refractivity contribution is 0.0952. The summed E-state index contributed by atoms with van der Waals surface area (Å²) in [5, 5.41) is 2.92. The maximum absolute atomic E-state index is 12.0. The van der Waals surface area contributed by atoms with E-state index < -0.39 is 0 Å². The molecule has 2 rings (SSSR count). The molecular weight excluding hydrogens is 344 g/mol. The number of unbranched alkanes of at least 4 members (excludes halogenated alkanes) is 1. The van der Waals surface area contributed by atoms with Crippen LogP contribution in [0.25, 0.3) is 0 Å². The van der Waals surface area contributed by atoms with Crippen LogP contribution in [-0.2, 0) is 6.54 Å². The van der Waals surface area contributed by atoms with E-state index in [9.17, 15) is 9.59 Å². The van der Waals surface area contributed by atoms with Crippen molar-refractivity contribution >= 4 is 21.8 Å². The van der Waals surface area contributed by atoms with Gasteiger partial charge < -0.3 is 9.88 Å². The molecule has 1 N–H and O–H groups in total. The van der Waals surface area contributed by atoms with Crippen molar-refractivity contribution in [1.82, 2.24) is 9.88 Å². The van der Waals surface area contributed by atoms with Gasteiger partial charge in [0, 0.05) is 35.4 Å². The molecule has 1 aromatic heterocycles. The molecule has 0 unspecified atom stereocenters. The molecule has 1 amide bonds. The fraction of sp³-hybridized carbons (Fsp3) is 0.294. The number of amides is 1. The summed E-state index contributed by atoms with van der Waals surface area (Å²) in [6, 6.07) is 10.8. The average Bonchev–Trinajstić information content (AvgIpc) is 2.50. The van der Waals surface area contributed by atoms with Crippen molar-refractivity contribution in [3.8, 4) is 0 Å². The molecule has 0 spiro atoms. The number of pyridine rings is 1. The van der Waals surface area contributed by atoms with Crippen LogP contribution < -0.4 is 10.9 Å². The summed E-state index contributed by atoms with van der Waals surface area (Å²) in [6.07, 6.45) is 3.45. The van der Waals surface area contributed by atoms with Crippen LogP contribution in [0.2, 0.25) is 0 Å². The minimum absolute atomic E-state index is 0.00727. The number of rotatable bonds is 6. The number of halogens is 1. The van der Waals surface area contributed by atoms with Crippen LogP contribution in [0.15, 0.2) is 51.9 Å². The van der Waals surface area contributed by atoms with Gasteiger partial charge in [-0.2, -0.15) is 0 Å². The van der Waals surface area contributed by atoms with E-state index in [2.05, 4.69) is 21.2 Å². The Bertz CT molecular complexity index is 710. The standard InChI is InChI=1S/C17H19BrN2O2/c1-13-6-2-3-7-15(13)17(22)19-10-4-5-11-20-12-14(18)8-9-16(20)21/h2-3,6-9,12H,4-5,10-11H2,1H3,(H,19,22). The summed E-state index contributed by atoms with van der Waals surface area (Å²) in [5.41, 5.74) is 1.68. The minimum atomic E-state index is -0.0438. The van der Waals surface area contributed by atoms with Crippen LogP contribution in [0, 0.1) is 6.92 Å². The first kappa shape index (κ1) is 16.5. The van der Waals surface area contributed by atoms with Gasteiger partial charge in [0.25, 0.3) is 11.5 Å². The summed E-state index contributed by atoms with van der Waals surface area (Å²) in [6.45, 7) is 3.18. The number of benzene rings is 1. The molecule has 0 bridgehead atoms. The number of carbonyl (C=O) groups is 1. The van der Waals surface area contributed by atoms with Crippen molar-refractivity contribution < 1.29 is 4.79 Å². The molecule has 0 radical (unpaired) electrons. The van der Waals surface area contributed by atoms with Gasteiger partial charge >= 0.3 is 0 Å². The first-order valence-corrected chi connectivity index (χ1v) is 8.07. The average molecular weight is 363 g/mol. The predicted octanol–water partition coefficient (Wildman–Crippen LogP) is 3.13. The molecule has 2 aromatic rings. The molecule has 0 saturated heterocycles. The van der Waals surface area contributed by atoms with Crippen LogP contribution in [0.1, 0.15) is 28.8 Å². The Kier molecular flexibility index (Phi) is 5.95. The Morgan fingerprint density at radius 3 is 2.73 bits per heavy atom. The first-order valence-electron chi connectivity index (χ1n) is 7.28. The number of hydrogen-bond donors (Lipinski definition) is 1. The van der Waals surface area contributed by atoms with E-state index in [0.717, 1.165) is 22.9 Å². The van der Waals surface area contributed by atoms with Gasteiger partial charge in [0.15, 0.2) is 0 Å². The van der Waals surface area contributed by atoms with E-state index in [1.165, 1.54) is 0 Å². The van der Waals surface area contributed by atoms with Crippen LogP contribution in [-0.4, -0.2) is 17.0 Å². The first-order chi connectivity index (χ1) is 10.6. The SMILES string of the molecule is Cc1ccccc1C(=O)NCCCCn1cc(Br)ccc1=O. The molecule has 0 atom stereocenters. The molecule has 5 heteroatoms. The monoisotopic (exact) mass is 362 g/mol. The third-order valence-electron chi connectivity index (χ3n) is 3.45. The highest BCUT2D eigenvalue weighted by Gasteiger charge is 2.06. The normalized spacial score (nSPS) is 10.5. The van der Waals surface area contributed by atoms with Gasteiger partial charge in [0.05, 0.1) is 0 Å². The van der Waals surface area contributed by atoms with E-state index in [4.69, 9.17) is 0 Å². The van der Waals surface area contributed by atoms with Gasteiger partial charge in [-0.1, -0.05) is 18.2 Å². The van der Waals surface area contributed by atoms with Crippen LogP contribution in [0.3, 0.4) is 0 Å². The second kappa shape index (κ2) is 7.94. The topological polar surface area (TPSA) is 51.1 Å². The van der Waals surface area contributed by atoms with Crippen molar-refractivity contribution in [3.05, 3.63) is 68.5 Å². The van der Waals surface area contributed by atoms with Gasteiger partial charge in [-0.15, -0.1) is 0 Å². The number of aryl methyl sites for hydroxylation is 2. The maximum Gasteiger partial charge on any atom is 0.251 e. The minimum Gasteiger partial charge on any atom is -0.352 e. The fourth-order valence-electron chi connectivity index (χ4n) is 2.21. The third-order valence-corrected chi connectivity index (χ3v) is 3.92.